The maximum atomic E-state index is 13.3. The fourth-order valence-electron chi connectivity index (χ4n) is 6.59. The third kappa shape index (κ3) is 2.89. The molecular formula is C21H27N3O3. The number of para-hydroxylation sites is 2. The summed E-state index contributed by atoms with van der Waals surface area (Å²) in [6.45, 7) is 2.69. The van der Waals surface area contributed by atoms with Gasteiger partial charge in [0.1, 0.15) is 5.69 Å². The number of nitrogens with zero attached hydrogens (tertiary/aromatic N) is 3. The van der Waals surface area contributed by atoms with Crippen LogP contribution in [0.4, 0.5) is 11.4 Å². The lowest BCUT2D eigenvalue weighted by molar-refractivity contribution is -0.384. The molecule has 4 bridgehead atoms. The molecule has 0 atom stereocenters. The molecule has 27 heavy (non-hydrogen) atoms. The van der Waals surface area contributed by atoms with E-state index in [1.807, 2.05) is 17.0 Å². The first kappa shape index (κ1) is 17.0. The van der Waals surface area contributed by atoms with E-state index in [2.05, 4.69) is 4.90 Å². The fraction of sp³-hybridized carbons (Fsp3) is 0.667. The maximum absolute atomic E-state index is 13.3. The molecular weight excluding hydrogens is 342 g/mol. The van der Waals surface area contributed by atoms with Gasteiger partial charge in [0.2, 0.25) is 5.91 Å². The number of anilines is 1. The van der Waals surface area contributed by atoms with Crippen molar-refractivity contribution in [2.75, 3.05) is 31.1 Å². The molecule has 144 valence electrons. The average molecular weight is 369 g/mol. The molecule has 0 aromatic heterocycles. The first-order valence-electron chi connectivity index (χ1n) is 10.4. The van der Waals surface area contributed by atoms with Crippen molar-refractivity contribution < 1.29 is 9.72 Å². The molecule has 0 spiro atoms. The molecule has 1 aromatic rings. The van der Waals surface area contributed by atoms with Crippen LogP contribution in [0.3, 0.4) is 0 Å². The number of piperazine rings is 1. The van der Waals surface area contributed by atoms with Crippen LogP contribution in [-0.2, 0) is 4.79 Å². The first-order chi connectivity index (χ1) is 13.1. The summed E-state index contributed by atoms with van der Waals surface area (Å²) < 4.78 is 0. The normalized spacial score (nSPS) is 34.7. The van der Waals surface area contributed by atoms with Gasteiger partial charge in [-0.2, -0.15) is 0 Å². The fourth-order valence-corrected chi connectivity index (χ4v) is 6.59. The first-order valence-corrected chi connectivity index (χ1v) is 10.4. The number of amides is 1. The highest BCUT2D eigenvalue weighted by Gasteiger charge is 2.51. The molecule has 5 fully saturated rings. The van der Waals surface area contributed by atoms with Crippen LogP contribution in [0, 0.1) is 39.7 Å². The summed E-state index contributed by atoms with van der Waals surface area (Å²) >= 11 is 0. The van der Waals surface area contributed by atoms with Gasteiger partial charge in [0.15, 0.2) is 0 Å². The number of nitro benzene ring substituents is 1. The van der Waals surface area contributed by atoms with Crippen LogP contribution in [0.1, 0.15) is 32.1 Å². The van der Waals surface area contributed by atoms with Gasteiger partial charge in [0, 0.05) is 38.2 Å². The van der Waals surface area contributed by atoms with E-state index < -0.39 is 0 Å². The zero-order valence-corrected chi connectivity index (χ0v) is 15.6. The number of carbonyl (C=O) groups is 1. The third-order valence-corrected chi connectivity index (χ3v) is 7.52. The lowest BCUT2D eigenvalue weighted by Crippen LogP contribution is -2.56. The molecule has 0 radical (unpaired) electrons. The summed E-state index contributed by atoms with van der Waals surface area (Å²) in [5.74, 6) is 3.60. The molecule has 0 unspecified atom stereocenters. The van der Waals surface area contributed by atoms with Crippen molar-refractivity contribution in [2.45, 2.75) is 32.1 Å². The summed E-state index contributed by atoms with van der Waals surface area (Å²) in [7, 11) is 0. The molecule has 1 aromatic carbocycles. The van der Waals surface area contributed by atoms with Gasteiger partial charge in [-0.1, -0.05) is 12.1 Å². The van der Waals surface area contributed by atoms with Crippen LogP contribution in [-0.4, -0.2) is 41.9 Å². The summed E-state index contributed by atoms with van der Waals surface area (Å²) in [6.07, 6.45) is 6.46. The summed E-state index contributed by atoms with van der Waals surface area (Å²) in [4.78, 5) is 28.4. The van der Waals surface area contributed by atoms with E-state index in [-0.39, 0.29) is 16.5 Å². The monoisotopic (exact) mass is 369 g/mol. The third-order valence-electron chi connectivity index (χ3n) is 7.52. The quantitative estimate of drug-likeness (QED) is 0.606. The molecule has 0 N–H and O–H groups in total. The lowest BCUT2D eigenvalue weighted by atomic mass is 9.51. The van der Waals surface area contributed by atoms with Crippen LogP contribution in [0.25, 0.3) is 0 Å². The minimum Gasteiger partial charge on any atom is -0.362 e. The molecule has 6 heteroatoms. The van der Waals surface area contributed by atoms with E-state index in [1.165, 1.54) is 32.1 Å². The molecule has 1 heterocycles. The predicted molar refractivity (Wildman–Crippen MR) is 102 cm³/mol. The van der Waals surface area contributed by atoms with E-state index in [9.17, 15) is 14.9 Å². The Balaban J connectivity index is 1.26. The van der Waals surface area contributed by atoms with Gasteiger partial charge >= 0.3 is 0 Å². The van der Waals surface area contributed by atoms with Gasteiger partial charge in [0.05, 0.1) is 4.92 Å². The van der Waals surface area contributed by atoms with E-state index in [0.717, 1.165) is 11.8 Å². The summed E-state index contributed by atoms with van der Waals surface area (Å²) in [5.41, 5.74) is 0.822. The Morgan fingerprint density at radius 3 is 2.11 bits per heavy atom. The Hall–Kier alpha value is -2.11. The number of carbonyl (C=O) groups excluding carboxylic acids is 1. The van der Waals surface area contributed by atoms with Crippen LogP contribution in [0.5, 0.6) is 0 Å². The van der Waals surface area contributed by atoms with E-state index >= 15 is 0 Å². The largest absolute Gasteiger partial charge is 0.362 e. The minimum absolute atomic E-state index is 0.151. The maximum Gasteiger partial charge on any atom is 0.292 e. The number of hydrogen-bond donors (Lipinski definition) is 0. The number of nitro groups is 1. The summed E-state index contributed by atoms with van der Waals surface area (Å²) in [5, 5.41) is 11.3. The van der Waals surface area contributed by atoms with E-state index in [1.54, 1.807) is 12.1 Å². The molecule has 4 saturated carbocycles. The van der Waals surface area contributed by atoms with Crippen LogP contribution < -0.4 is 4.90 Å². The second-order valence-corrected chi connectivity index (χ2v) is 9.01. The topological polar surface area (TPSA) is 66.7 Å². The minimum atomic E-state index is -0.318. The highest BCUT2D eigenvalue weighted by molar-refractivity contribution is 5.80. The standard InChI is InChI=1S/C21H27N3O3/c25-21(20-16-10-14-9-15(12-16)13-17(20)11-14)23-7-5-22(6-8-23)18-3-1-2-4-19(18)24(26)27/h1-4,14-17,20H,5-13H2. The van der Waals surface area contributed by atoms with Gasteiger partial charge in [-0.05, 0) is 61.8 Å². The van der Waals surface area contributed by atoms with Crippen LogP contribution in [0.2, 0.25) is 0 Å². The summed E-state index contributed by atoms with van der Waals surface area (Å²) in [6, 6.07) is 6.91. The second kappa shape index (κ2) is 6.50. The molecule has 4 aliphatic carbocycles. The highest BCUT2D eigenvalue weighted by Crippen LogP contribution is 2.56. The predicted octanol–water partition coefficient (Wildman–Crippen LogP) is 3.32. The van der Waals surface area contributed by atoms with Crippen molar-refractivity contribution in [1.82, 2.24) is 4.90 Å². The SMILES string of the molecule is O=C(C1C2CC3CC(C2)CC1C3)N1CCN(c2ccccc2[N+](=O)[O-])CC1. The van der Waals surface area contributed by atoms with Gasteiger partial charge in [-0.3, -0.25) is 14.9 Å². The smallest absolute Gasteiger partial charge is 0.292 e. The second-order valence-electron chi connectivity index (χ2n) is 9.01. The van der Waals surface area contributed by atoms with Crippen molar-refractivity contribution in [2.24, 2.45) is 29.6 Å². The molecule has 1 aliphatic heterocycles. The van der Waals surface area contributed by atoms with Gasteiger partial charge in [-0.15, -0.1) is 0 Å². The molecule has 1 amide bonds. The van der Waals surface area contributed by atoms with Crippen molar-refractivity contribution in [3.63, 3.8) is 0 Å². The van der Waals surface area contributed by atoms with E-state index in [0.29, 0.717) is 49.6 Å². The van der Waals surface area contributed by atoms with Gasteiger partial charge in [-0.25, -0.2) is 0 Å². The van der Waals surface area contributed by atoms with Crippen molar-refractivity contribution in [3.05, 3.63) is 34.4 Å². The Morgan fingerprint density at radius 2 is 1.52 bits per heavy atom. The molecule has 5 aliphatic rings. The molecule has 6 rings (SSSR count). The Kier molecular flexibility index (Phi) is 4.10. The van der Waals surface area contributed by atoms with Crippen molar-refractivity contribution >= 4 is 17.3 Å². The zero-order chi connectivity index (χ0) is 18.5. The molecule has 1 saturated heterocycles. The number of benzene rings is 1. The highest BCUT2D eigenvalue weighted by atomic mass is 16.6. The molecule has 6 nitrogen and oxygen atoms in total. The lowest BCUT2D eigenvalue weighted by Gasteiger charge is -2.54. The Morgan fingerprint density at radius 1 is 0.926 bits per heavy atom. The van der Waals surface area contributed by atoms with Crippen molar-refractivity contribution in [1.29, 1.82) is 0 Å². The average Bonchev–Trinajstić information content (AvgIpc) is 2.67. The van der Waals surface area contributed by atoms with Crippen LogP contribution in [0.15, 0.2) is 24.3 Å². The Bertz CT molecular complexity index is 729. The zero-order valence-electron chi connectivity index (χ0n) is 15.6. The van der Waals surface area contributed by atoms with Crippen LogP contribution >= 0.6 is 0 Å². The van der Waals surface area contributed by atoms with Crippen molar-refractivity contribution in [3.8, 4) is 0 Å². The Labute approximate surface area is 159 Å². The number of rotatable bonds is 3. The van der Waals surface area contributed by atoms with Gasteiger partial charge in [0.25, 0.3) is 5.69 Å². The number of hydrogen-bond acceptors (Lipinski definition) is 4. The van der Waals surface area contributed by atoms with Gasteiger partial charge < -0.3 is 9.80 Å². The van der Waals surface area contributed by atoms with E-state index in [4.69, 9.17) is 0 Å².